The molecule has 8 heteroatoms. The zero-order chi connectivity index (χ0) is 23.2. The Balaban J connectivity index is 1.17. The van der Waals surface area contributed by atoms with Gasteiger partial charge in [0.05, 0.1) is 6.42 Å². The minimum absolute atomic E-state index is 0.00510. The first-order chi connectivity index (χ1) is 15.8. The lowest BCUT2D eigenvalue weighted by atomic mass is 9.90. The van der Waals surface area contributed by atoms with Crippen molar-refractivity contribution in [2.45, 2.75) is 44.3 Å². The fraction of sp³-hybridized carbons (Fsp3) is 0.440. The van der Waals surface area contributed by atoms with Crippen molar-refractivity contribution in [1.82, 2.24) is 19.2 Å². The topological polar surface area (TPSA) is 86.4 Å². The van der Waals surface area contributed by atoms with Crippen LogP contribution in [0.15, 0.2) is 42.7 Å². The highest BCUT2D eigenvalue weighted by atomic mass is 32.2. The van der Waals surface area contributed by atoms with Crippen molar-refractivity contribution in [3.63, 3.8) is 0 Å². The lowest BCUT2D eigenvalue weighted by Gasteiger charge is -2.42. The van der Waals surface area contributed by atoms with E-state index in [9.17, 15) is 13.2 Å². The summed E-state index contributed by atoms with van der Waals surface area (Å²) in [6.07, 6.45) is 5.70. The molecule has 0 spiro atoms. The number of benzene rings is 1. The molecule has 0 saturated carbocycles. The Kier molecular flexibility index (Phi) is 5.74. The number of carbonyl (C=O) groups is 1. The molecule has 174 valence electrons. The third kappa shape index (κ3) is 4.06. The van der Waals surface area contributed by atoms with Crippen molar-refractivity contribution in [2.24, 2.45) is 0 Å². The number of likely N-dealkylation sites (tertiary alicyclic amines) is 1. The van der Waals surface area contributed by atoms with E-state index < -0.39 is 15.3 Å². The molecule has 33 heavy (non-hydrogen) atoms. The van der Waals surface area contributed by atoms with Gasteiger partial charge >= 0.3 is 0 Å². The van der Waals surface area contributed by atoms with Crippen molar-refractivity contribution in [3.05, 3.63) is 65.0 Å². The van der Waals surface area contributed by atoms with Gasteiger partial charge < -0.3 is 9.88 Å². The van der Waals surface area contributed by atoms with Gasteiger partial charge in [-0.25, -0.2) is 17.7 Å². The Labute approximate surface area is 194 Å². The van der Waals surface area contributed by atoms with Crippen LogP contribution < -0.4 is 0 Å². The Hall–Kier alpha value is -2.71. The number of pyridine rings is 1. The van der Waals surface area contributed by atoms with Crippen molar-refractivity contribution in [3.8, 4) is 0 Å². The number of carbonyl (C=O) groups excluding carboxylic acids is 1. The molecule has 1 aromatic carbocycles. The molecule has 1 amide bonds. The Morgan fingerprint density at radius 3 is 2.48 bits per heavy atom. The van der Waals surface area contributed by atoms with E-state index in [0.717, 1.165) is 40.6 Å². The molecule has 0 unspecified atom stereocenters. The van der Waals surface area contributed by atoms with Crippen LogP contribution in [-0.2, 0) is 21.2 Å². The van der Waals surface area contributed by atoms with Crippen molar-refractivity contribution >= 4 is 27.0 Å². The number of sulfonamides is 1. The minimum Gasteiger partial charge on any atom is -0.346 e. The molecular formula is C25H30N4O3S. The molecule has 7 nitrogen and oxygen atoms in total. The number of fused-ring (bicyclic) bond motifs is 1. The van der Waals surface area contributed by atoms with Crippen molar-refractivity contribution in [1.29, 1.82) is 0 Å². The van der Waals surface area contributed by atoms with E-state index in [1.54, 1.807) is 15.4 Å². The lowest BCUT2D eigenvalue weighted by Crippen LogP contribution is -2.60. The second kappa shape index (κ2) is 8.57. The number of hydrogen-bond donors (Lipinski definition) is 1. The third-order valence-electron chi connectivity index (χ3n) is 7.33. The number of piperidine rings is 1. The van der Waals surface area contributed by atoms with E-state index in [4.69, 9.17) is 0 Å². The standard InChI is InChI=1S/C25H30N4O3S/c1-17-5-3-6-18(2)22(17)13-24(30)28-15-20(16-28)33(31,32)29-11-8-19(9-12-29)23-14-27-25-21(23)7-4-10-26-25/h3-7,10,14,19-20H,8-9,11-13,15-16H2,1-2H3,(H,26,27). The van der Waals surface area contributed by atoms with Crippen LogP contribution in [0.3, 0.4) is 0 Å². The zero-order valence-corrected chi connectivity index (χ0v) is 19.9. The van der Waals surface area contributed by atoms with Gasteiger partial charge in [-0.2, -0.15) is 0 Å². The minimum atomic E-state index is -3.40. The maximum absolute atomic E-state index is 13.2. The summed E-state index contributed by atoms with van der Waals surface area (Å²) in [6.45, 7) is 5.64. The predicted molar refractivity (Wildman–Crippen MR) is 129 cm³/mol. The molecule has 2 aliphatic rings. The molecule has 2 fully saturated rings. The quantitative estimate of drug-likeness (QED) is 0.626. The molecule has 2 saturated heterocycles. The Bertz CT molecular complexity index is 1270. The van der Waals surface area contributed by atoms with Crippen molar-refractivity contribution < 1.29 is 13.2 Å². The maximum Gasteiger partial charge on any atom is 0.227 e. The molecule has 0 aliphatic carbocycles. The molecule has 0 bridgehead atoms. The summed E-state index contributed by atoms with van der Waals surface area (Å²) < 4.78 is 28.0. The average molecular weight is 467 g/mol. The SMILES string of the molecule is Cc1cccc(C)c1CC(=O)N1CC(S(=O)(=O)N2CCC(c3c[nH]c4ncccc34)CC2)C1. The van der Waals surface area contributed by atoms with Gasteiger partial charge in [-0.3, -0.25) is 4.79 Å². The smallest absolute Gasteiger partial charge is 0.227 e. The monoisotopic (exact) mass is 466 g/mol. The molecule has 4 heterocycles. The van der Waals surface area contributed by atoms with Crippen LogP contribution in [0.5, 0.6) is 0 Å². The predicted octanol–water partition coefficient (Wildman–Crippen LogP) is 3.14. The summed E-state index contributed by atoms with van der Waals surface area (Å²) >= 11 is 0. The van der Waals surface area contributed by atoms with E-state index in [1.165, 1.54) is 5.56 Å². The number of nitrogens with one attached hydrogen (secondary N) is 1. The summed E-state index contributed by atoms with van der Waals surface area (Å²) in [6, 6.07) is 10.0. The molecule has 0 radical (unpaired) electrons. The van der Waals surface area contributed by atoms with Gasteiger partial charge in [0.25, 0.3) is 0 Å². The normalized spacial score (nSPS) is 18.5. The number of nitrogens with zero attached hydrogens (tertiary/aromatic N) is 3. The highest BCUT2D eigenvalue weighted by molar-refractivity contribution is 7.89. The molecule has 1 N–H and O–H groups in total. The summed E-state index contributed by atoms with van der Waals surface area (Å²) in [5, 5.41) is 0.629. The first kappa shape index (κ1) is 22.1. The first-order valence-electron chi connectivity index (χ1n) is 11.6. The largest absolute Gasteiger partial charge is 0.346 e. The number of aromatic nitrogens is 2. The summed E-state index contributed by atoms with van der Waals surface area (Å²) in [5.74, 6) is 0.330. The van der Waals surface area contributed by atoms with Gasteiger partial charge in [0.1, 0.15) is 10.9 Å². The Morgan fingerprint density at radius 2 is 1.79 bits per heavy atom. The van der Waals surface area contributed by atoms with Gasteiger partial charge in [0.15, 0.2) is 0 Å². The van der Waals surface area contributed by atoms with E-state index in [-0.39, 0.29) is 5.91 Å². The van der Waals surface area contributed by atoms with Crippen LogP contribution in [0.1, 0.15) is 41.0 Å². The van der Waals surface area contributed by atoms with E-state index in [1.807, 2.05) is 44.3 Å². The van der Waals surface area contributed by atoms with Crippen LogP contribution >= 0.6 is 0 Å². The first-order valence-corrected chi connectivity index (χ1v) is 13.1. The van der Waals surface area contributed by atoms with Gasteiger partial charge in [-0.15, -0.1) is 0 Å². The van der Waals surface area contributed by atoms with E-state index in [0.29, 0.717) is 38.5 Å². The number of amides is 1. The lowest BCUT2D eigenvalue weighted by molar-refractivity contribution is -0.133. The van der Waals surface area contributed by atoms with Crippen LogP contribution in [0, 0.1) is 13.8 Å². The van der Waals surface area contributed by atoms with Crippen LogP contribution in [0.4, 0.5) is 0 Å². The summed E-state index contributed by atoms with van der Waals surface area (Å²) in [4.78, 5) is 22.0. The fourth-order valence-corrected chi connectivity index (χ4v) is 7.05. The summed E-state index contributed by atoms with van der Waals surface area (Å²) in [7, 11) is -3.40. The average Bonchev–Trinajstić information content (AvgIpc) is 3.19. The third-order valence-corrected chi connectivity index (χ3v) is 9.56. The van der Waals surface area contributed by atoms with Crippen LogP contribution in [0.25, 0.3) is 11.0 Å². The van der Waals surface area contributed by atoms with Gasteiger partial charge in [-0.1, -0.05) is 18.2 Å². The molecular weight excluding hydrogens is 436 g/mol. The van der Waals surface area contributed by atoms with Crippen LogP contribution in [0.2, 0.25) is 0 Å². The molecule has 0 atom stereocenters. The van der Waals surface area contributed by atoms with E-state index >= 15 is 0 Å². The second-order valence-electron chi connectivity index (χ2n) is 9.33. The highest BCUT2D eigenvalue weighted by Crippen LogP contribution is 2.34. The fourth-order valence-electron chi connectivity index (χ4n) is 5.17. The van der Waals surface area contributed by atoms with Crippen LogP contribution in [-0.4, -0.2) is 64.9 Å². The molecule has 3 aromatic rings. The number of hydrogen-bond acceptors (Lipinski definition) is 4. The highest BCUT2D eigenvalue weighted by Gasteiger charge is 2.43. The Morgan fingerprint density at radius 1 is 1.09 bits per heavy atom. The number of H-pyrrole nitrogens is 1. The van der Waals surface area contributed by atoms with Gasteiger partial charge in [-0.05, 0) is 67.0 Å². The number of aromatic amines is 1. The molecule has 2 aromatic heterocycles. The van der Waals surface area contributed by atoms with Crippen molar-refractivity contribution in [2.75, 3.05) is 26.2 Å². The molecule has 2 aliphatic heterocycles. The van der Waals surface area contributed by atoms with Gasteiger partial charge in [0.2, 0.25) is 15.9 Å². The van der Waals surface area contributed by atoms with E-state index in [2.05, 4.69) is 16.0 Å². The zero-order valence-electron chi connectivity index (χ0n) is 19.1. The number of rotatable bonds is 5. The molecule has 5 rings (SSSR count). The summed E-state index contributed by atoms with van der Waals surface area (Å²) in [5.41, 5.74) is 5.34. The second-order valence-corrected chi connectivity index (χ2v) is 11.5. The maximum atomic E-state index is 13.2. The van der Waals surface area contributed by atoms with Gasteiger partial charge in [0, 0.05) is 44.0 Å². The number of aryl methyl sites for hydroxylation is 2.